The number of halogens is 2. The molecule has 7 heteroatoms. The topological polar surface area (TPSA) is 64.7 Å². The van der Waals surface area contributed by atoms with E-state index in [0.717, 1.165) is 0 Å². The van der Waals surface area contributed by atoms with Gasteiger partial charge in [0, 0.05) is 5.56 Å². The number of benzene rings is 2. The lowest BCUT2D eigenvalue weighted by atomic mass is 10.1. The van der Waals surface area contributed by atoms with Gasteiger partial charge < -0.3 is 9.36 Å². The van der Waals surface area contributed by atoms with Crippen LogP contribution in [0.15, 0.2) is 58.2 Å². The molecule has 0 bridgehead atoms. The predicted molar refractivity (Wildman–Crippen MR) is 96.1 cm³/mol. The van der Waals surface area contributed by atoms with Crippen LogP contribution in [0.5, 0.6) is 0 Å². The van der Waals surface area contributed by atoms with E-state index in [9.17, 15) is 4.79 Å². The van der Waals surface area contributed by atoms with Crippen molar-refractivity contribution in [2.24, 2.45) is 5.16 Å². The number of carbonyl (C=O) groups excluding carboxylic acids is 1. The summed E-state index contributed by atoms with van der Waals surface area (Å²) in [4.78, 5) is 16.8. The standard InChI is InChI=1S/C18H12Cl2N2O3/c1-11-13(10-21-25-18(23)12-6-3-2-4-7-12)17(22-24-11)16-14(19)8-5-9-15(16)20/h2-10H,1H3/b21-10+. The van der Waals surface area contributed by atoms with Crippen LogP contribution in [0.25, 0.3) is 11.3 Å². The number of carbonyl (C=O) groups is 1. The normalized spacial score (nSPS) is 11.0. The summed E-state index contributed by atoms with van der Waals surface area (Å²) in [6.07, 6.45) is 1.35. The molecule has 25 heavy (non-hydrogen) atoms. The van der Waals surface area contributed by atoms with Gasteiger partial charge in [0.25, 0.3) is 0 Å². The highest BCUT2D eigenvalue weighted by molar-refractivity contribution is 6.39. The fraction of sp³-hybridized carbons (Fsp3) is 0.0556. The molecule has 1 heterocycles. The van der Waals surface area contributed by atoms with E-state index in [1.807, 2.05) is 0 Å². The van der Waals surface area contributed by atoms with Gasteiger partial charge in [-0.1, -0.05) is 57.8 Å². The zero-order chi connectivity index (χ0) is 17.8. The Hall–Kier alpha value is -2.63. The average Bonchev–Trinajstić information content (AvgIpc) is 2.96. The summed E-state index contributed by atoms with van der Waals surface area (Å²) >= 11 is 12.4. The summed E-state index contributed by atoms with van der Waals surface area (Å²) < 4.78 is 5.20. The molecule has 2 aromatic carbocycles. The summed E-state index contributed by atoms with van der Waals surface area (Å²) in [7, 11) is 0. The number of hydrogen-bond donors (Lipinski definition) is 0. The van der Waals surface area contributed by atoms with Crippen LogP contribution in [-0.4, -0.2) is 17.3 Å². The van der Waals surface area contributed by atoms with E-state index < -0.39 is 5.97 Å². The van der Waals surface area contributed by atoms with Crippen LogP contribution in [0, 0.1) is 6.92 Å². The molecule has 1 aromatic heterocycles. The Balaban J connectivity index is 1.87. The number of rotatable bonds is 4. The Morgan fingerprint density at radius 2 is 1.80 bits per heavy atom. The molecule has 0 atom stereocenters. The minimum Gasteiger partial charge on any atom is -0.360 e. The molecular weight excluding hydrogens is 363 g/mol. The van der Waals surface area contributed by atoms with Gasteiger partial charge in [0.1, 0.15) is 11.5 Å². The second-order valence-electron chi connectivity index (χ2n) is 5.08. The lowest BCUT2D eigenvalue weighted by Crippen LogP contribution is -2.00. The first-order valence-corrected chi connectivity index (χ1v) is 8.04. The highest BCUT2D eigenvalue weighted by atomic mass is 35.5. The summed E-state index contributed by atoms with van der Waals surface area (Å²) in [5, 5.41) is 8.58. The molecule has 0 N–H and O–H groups in total. The smallest absolute Gasteiger partial charge is 0.360 e. The molecule has 0 aliphatic heterocycles. The van der Waals surface area contributed by atoms with Crippen LogP contribution < -0.4 is 0 Å². The maximum atomic E-state index is 11.9. The van der Waals surface area contributed by atoms with Gasteiger partial charge in [-0.2, -0.15) is 0 Å². The van der Waals surface area contributed by atoms with E-state index in [1.165, 1.54) is 6.21 Å². The first-order chi connectivity index (χ1) is 12.1. The molecule has 0 saturated heterocycles. The van der Waals surface area contributed by atoms with Crippen molar-refractivity contribution in [3.05, 3.63) is 75.5 Å². The molecule has 0 aliphatic rings. The Kier molecular flexibility index (Phi) is 5.16. The molecule has 0 unspecified atom stereocenters. The van der Waals surface area contributed by atoms with Gasteiger partial charge in [-0.15, -0.1) is 0 Å². The highest BCUT2D eigenvalue weighted by Gasteiger charge is 2.18. The number of hydrogen-bond acceptors (Lipinski definition) is 5. The number of nitrogens with zero attached hydrogens (tertiary/aromatic N) is 2. The van der Waals surface area contributed by atoms with Crippen molar-refractivity contribution < 1.29 is 14.2 Å². The van der Waals surface area contributed by atoms with Crippen molar-refractivity contribution in [1.29, 1.82) is 0 Å². The lowest BCUT2D eigenvalue weighted by Gasteiger charge is -2.04. The lowest BCUT2D eigenvalue weighted by molar-refractivity contribution is 0.0519. The molecule has 0 aliphatic carbocycles. The van der Waals surface area contributed by atoms with E-state index in [0.29, 0.717) is 38.2 Å². The molecular formula is C18H12Cl2N2O3. The molecule has 0 fully saturated rings. The van der Waals surface area contributed by atoms with Crippen molar-refractivity contribution in [2.75, 3.05) is 0 Å². The third kappa shape index (κ3) is 3.73. The maximum Gasteiger partial charge on any atom is 0.365 e. The Morgan fingerprint density at radius 3 is 2.48 bits per heavy atom. The molecule has 0 amide bonds. The fourth-order valence-corrected chi connectivity index (χ4v) is 2.77. The summed E-state index contributed by atoms with van der Waals surface area (Å²) in [5.74, 6) is -0.0752. The quantitative estimate of drug-likeness (QED) is 0.360. The van der Waals surface area contributed by atoms with Gasteiger partial charge in [0.2, 0.25) is 0 Å². The van der Waals surface area contributed by atoms with Crippen molar-refractivity contribution in [2.45, 2.75) is 6.92 Å². The van der Waals surface area contributed by atoms with Crippen LogP contribution in [0.2, 0.25) is 10.0 Å². The first-order valence-electron chi connectivity index (χ1n) is 7.28. The summed E-state index contributed by atoms with van der Waals surface area (Å²) in [5.41, 5.74) is 1.87. The monoisotopic (exact) mass is 374 g/mol. The van der Waals surface area contributed by atoms with Crippen molar-refractivity contribution in [3.63, 3.8) is 0 Å². The number of aryl methyl sites for hydroxylation is 1. The van der Waals surface area contributed by atoms with E-state index in [1.54, 1.807) is 55.5 Å². The zero-order valence-corrected chi connectivity index (χ0v) is 14.6. The fourth-order valence-electron chi connectivity index (χ4n) is 2.19. The second-order valence-corrected chi connectivity index (χ2v) is 5.89. The minimum atomic E-state index is -0.566. The largest absolute Gasteiger partial charge is 0.365 e. The van der Waals surface area contributed by atoms with E-state index in [4.69, 9.17) is 32.6 Å². The second kappa shape index (κ2) is 7.51. The van der Waals surface area contributed by atoms with Gasteiger partial charge in [0.15, 0.2) is 0 Å². The van der Waals surface area contributed by atoms with Crippen LogP contribution in [0.1, 0.15) is 21.7 Å². The Labute approximate surface area is 153 Å². The van der Waals surface area contributed by atoms with Crippen molar-refractivity contribution in [3.8, 4) is 11.3 Å². The van der Waals surface area contributed by atoms with E-state index >= 15 is 0 Å². The molecule has 5 nitrogen and oxygen atoms in total. The summed E-state index contributed by atoms with van der Waals surface area (Å²) in [6.45, 7) is 1.71. The van der Waals surface area contributed by atoms with Crippen LogP contribution in [0.3, 0.4) is 0 Å². The molecule has 126 valence electrons. The van der Waals surface area contributed by atoms with Crippen LogP contribution >= 0.6 is 23.2 Å². The highest BCUT2D eigenvalue weighted by Crippen LogP contribution is 2.36. The molecule has 3 rings (SSSR count). The predicted octanol–water partition coefficient (Wildman–Crippen LogP) is 5.15. The molecule has 3 aromatic rings. The Morgan fingerprint density at radius 1 is 1.12 bits per heavy atom. The Bertz CT molecular complexity index is 916. The van der Waals surface area contributed by atoms with Crippen molar-refractivity contribution >= 4 is 35.4 Å². The summed E-state index contributed by atoms with van der Waals surface area (Å²) in [6, 6.07) is 13.7. The van der Waals surface area contributed by atoms with Gasteiger partial charge >= 0.3 is 5.97 Å². The van der Waals surface area contributed by atoms with E-state index in [-0.39, 0.29) is 0 Å². The minimum absolute atomic E-state index is 0.399. The molecule has 0 saturated carbocycles. The third-order valence-corrected chi connectivity index (χ3v) is 4.06. The third-order valence-electron chi connectivity index (χ3n) is 3.43. The van der Waals surface area contributed by atoms with Gasteiger partial charge in [-0.3, -0.25) is 0 Å². The van der Waals surface area contributed by atoms with Gasteiger partial charge in [-0.25, -0.2) is 4.79 Å². The molecule has 0 radical (unpaired) electrons. The number of oxime groups is 1. The first kappa shape index (κ1) is 17.2. The SMILES string of the molecule is Cc1onc(-c2c(Cl)cccc2Cl)c1/C=N/OC(=O)c1ccccc1. The zero-order valence-electron chi connectivity index (χ0n) is 13.1. The van der Waals surface area contributed by atoms with Gasteiger partial charge in [0.05, 0.1) is 27.4 Å². The molecule has 0 spiro atoms. The van der Waals surface area contributed by atoms with Crippen LogP contribution in [0.4, 0.5) is 0 Å². The average molecular weight is 375 g/mol. The van der Waals surface area contributed by atoms with Crippen molar-refractivity contribution in [1.82, 2.24) is 5.16 Å². The maximum absolute atomic E-state index is 11.9. The number of aromatic nitrogens is 1. The van der Waals surface area contributed by atoms with Crippen LogP contribution in [-0.2, 0) is 4.84 Å². The van der Waals surface area contributed by atoms with E-state index in [2.05, 4.69) is 10.3 Å². The van der Waals surface area contributed by atoms with Gasteiger partial charge in [-0.05, 0) is 31.2 Å².